The maximum Gasteiger partial charge on any atom is 0.433 e. The van der Waals surface area contributed by atoms with Crippen LogP contribution in [0, 0.1) is 5.82 Å². The lowest BCUT2D eigenvalue weighted by atomic mass is 10.0. The second-order valence-electron chi connectivity index (χ2n) is 5.64. The Morgan fingerprint density at radius 1 is 1.12 bits per heavy atom. The van der Waals surface area contributed by atoms with Crippen molar-refractivity contribution in [2.24, 2.45) is 0 Å². The van der Waals surface area contributed by atoms with Crippen LogP contribution in [0.15, 0.2) is 42.6 Å². The van der Waals surface area contributed by atoms with Crippen LogP contribution in [0.25, 0.3) is 0 Å². The third-order valence-electron chi connectivity index (χ3n) is 4.07. The van der Waals surface area contributed by atoms with E-state index in [-0.39, 0.29) is 23.3 Å². The third kappa shape index (κ3) is 3.25. The van der Waals surface area contributed by atoms with Gasteiger partial charge in [-0.05, 0) is 42.7 Å². The number of rotatable bonds is 2. The standard InChI is InChI=1S/C17H14F4N2O/c18-13-6-3-11(4-7-13)14-2-1-9-23(14)16(24)12-5-8-15(22-10-12)17(19,20)21/h3-8,10,14H,1-2,9H2. The van der Waals surface area contributed by atoms with E-state index in [2.05, 4.69) is 4.98 Å². The van der Waals surface area contributed by atoms with E-state index >= 15 is 0 Å². The first kappa shape index (κ1) is 16.4. The van der Waals surface area contributed by atoms with E-state index in [9.17, 15) is 22.4 Å². The van der Waals surface area contributed by atoms with Crippen LogP contribution < -0.4 is 0 Å². The molecule has 3 rings (SSSR count). The van der Waals surface area contributed by atoms with E-state index in [0.29, 0.717) is 6.54 Å². The number of likely N-dealkylation sites (tertiary alicyclic amines) is 1. The highest BCUT2D eigenvalue weighted by Crippen LogP contribution is 2.33. The van der Waals surface area contributed by atoms with Crippen molar-refractivity contribution in [1.29, 1.82) is 0 Å². The molecule has 1 aliphatic rings. The van der Waals surface area contributed by atoms with Crippen LogP contribution in [0.1, 0.15) is 40.5 Å². The van der Waals surface area contributed by atoms with Crippen molar-refractivity contribution >= 4 is 5.91 Å². The second kappa shape index (κ2) is 6.22. The second-order valence-corrected chi connectivity index (χ2v) is 5.64. The molecule has 1 unspecified atom stereocenters. The van der Waals surface area contributed by atoms with E-state index in [1.165, 1.54) is 12.1 Å². The molecule has 126 valence electrons. The molecule has 1 saturated heterocycles. The summed E-state index contributed by atoms with van der Waals surface area (Å²) in [7, 11) is 0. The molecule has 0 spiro atoms. The fourth-order valence-electron chi connectivity index (χ4n) is 2.90. The number of carbonyl (C=O) groups is 1. The van der Waals surface area contributed by atoms with Crippen molar-refractivity contribution < 1.29 is 22.4 Å². The Hall–Kier alpha value is -2.44. The SMILES string of the molecule is O=C(c1ccc(C(F)(F)F)nc1)N1CCCC1c1ccc(F)cc1. The molecule has 2 aromatic rings. The molecule has 1 aliphatic heterocycles. The van der Waals surface area contributed by atoms with E-state index in [1.54, 1.807) is 17.0 Å². The Balaban J connectivity index is 1.82. The first-order chi connectivity index (χ1) is 11.4. The summed E-state index contributed by atoms with van der Waals surface area (Å²) in [5, 5.41) is 0. The van der Waals surface area contributed by atoms with Gasteiger partial charge in [0.2, 0.25) is 0 Å². The summed E-state index contributed by atoms with van der Waals surface area (Å²) in [6, 6.07) is 7.63. The molecule has 0 saturated carbocycles. The number of hydrogen-bond acceptors (Lipinski definition) is 2. The molecule has 2 heterocycles. The summed E-state index contributed by atoms with van der Waals surface area (Å²) in [5.74, 6) is -0.732. The van der Waals surface area contributed by atoms with Gasteiger partial charge in [-0.1, -0.05) is 12.1 Å². The van der Waals surface area contributed by atoms with Gasteiger partial charge in [-0.25, -0.2) is 4.39 Å². The summed E-state index contributed by atoms with van der Waals surface area (Å²) >= 11 is 0. The number of hydrogen-bond donors (Lipinski definition) is 0. The van der Waals surface area contributed by atoms with Gasteiger partial charge in [0.15, 0.2) is 0 Å². The minimum atomic E-state index is -4.54. The molecular formula is C17H14F4N2O. The Kier molecular flexibility index (Phi) is 4.26. The monoisotopic (exact) mass is 338 g/mol. The Bertz CT molecular complexity index is 726. The highest BCUT2D eigenvalue weighted by Gasteiger charge is 2.34. The van der Waals surface area contributed by atoms with Crippen molar-refractivity contribution in [1.82, 2.24) is 9.88 Å². The number of amides is 1. The van der Waals surface area contributed by atoms with Gasteiger partial charge in [-0.2, -0.15) is 13.2 Å². The Morgan fingerprint density at radius 3 is 2.42 bits per heavy atom. The van der Waals surface area contributed by atoms with Crippen LogP contribution in [0.5, 0.6) is 0 Å². The largest absolute Gasteiger partial charge is 0.433 e. The zero-order valence-electron chi connectivity index (χ0n) is 12.6. The molecule has 0 bridgehead atoms. The summed E-state index contributed by atoms with van der Waals surface area (Å²) in [4.78, 5) is 17.5. The third-order valence-corrected chi connectivity index (χ3v) is 4.07. The number of alkyl halides is 3. The van der Waals surface area contributed by atoms with Gasteiger partial charge in [-0.3, -0.25) is 9.78 Å². The quantitative estimate of drug-likeness (QED) is 0.768. The fourth-order valence-corrected chi connectivity index (χ4v) is 2.90. The lowest BCUT2D eigenvalue weighted by Gasteiger charge is -2.25. The number of halogens is 4. The molecule has 24 heavy (non-hydrogen) atoms. The molecule has 1 fully saturated rings. The van der Waals surface area contributed by atoms with Gasteiger partial charge in [0.25, 0.3) is 5.91 Å². The lowest BCUT2D eigenvalue weighted by molar-refractivity contribution is -0.141. The summed E-state index contributed by atoms with van der Waals surface area (Å²) in [6.07, 6.45) is -2.08. The van der Waals surface area contributed by atoms with Gasteiger partial charge in [0, 0.05) is 12.7 Å². The summed E-state index contributed by atoms with van der Waals surface area (Å²) in [6.45, 7) is 0.502. The molecule has 1 aromatic carbocycles. The minimum absolute atomic E-state index is 0.108. The number of aromatic nitrogens is 1. The molecule has 0 N–H and O–H groups in total. The molecule has 7 heteroatoms. The highest BCUT2D eigenvalue weighted by atomic mass is 19.4. The summed E-state index contributed by atoms with van der Waals surface area (Å²) in [5.41, 5.74) is -0.116. The molecular weight excluding hydrogens is 324 g/mol. The minimum Gasteiger partial charge on any atom is -0.332 e. The first-order valence-electron chi connectivity index (χ1n) is 7.46. The molecule has 0 radical (unpaired) electrons. The van der Waals surface area contributed by atoms with Crippen molar-refractivity contribution in [2.75, 3.05) is 6.54 Å². The molecule has 1 amide bonds. The maximum atomic E-state index is 13.0. The van der Waals surface area contributed by atoms with Crippen molar-refractivity contribution in [3.8, 4) is 0 Å². The lowest BCUT2D eigenvalue weighted by Crippen LogP contribution is -2.30. The number of carbonyl (C=O) groups excluding carboxylic acids is 1. The molecule has 1 aromatic heterocycles. The van der Waals surface area contributed by atoms with E-state index in [0.717, 1.165) is 36.7 Å². The topological polar surface area (TPSA) is 33.2 Å². The van der Waals surface area contributed by atoms with Crippen LogP contribution in [-0.4, -0.2) is 22.3 Å². The number of benzene rings is 1. The van der Waals surface area contributed by atoms with Gasteiger partial charge < -0.3 is 4.90 Å². The normalized spacial score (nSPS) is 18.0. The number of pyridine rings is 1. The van der Waals surface area contributed by atoms with E-state index in [4.69, 9.17) is 0 Å². The Morgan fingerprint density at radius 2 is 1.83 bits per heavy atom. The first-order valence-corrected chi connectivity index (χ1v) is 7.46. The Labute approximate surface area is 135 Å². The average molecular weight is 338 g/mol. The maximum absolute atomic E-state index is 13.0. The van der Waals surface area contributed by atoms with E-state index in [1.807, 2.05) is 0 Å². The molecule has 3 nitrogen and oxygen atoms in total. The van der Waals surface area contributed by atoms with Gasteiger partial charge in [0.05, 0.1) is 11.6 Å². The van der Waals surface area contributed by atoms with Crippen LogP contribution in [0.4, 0.5) is 17.6 Å². The predicted molar refractivity (Wildman–Crippen MR) is 78.7 cm³/mol. The van der Waals surface area contributed by atoms with Crippen LogP contribution >= 0.6 is 0 Å². The number of nitrogens with zero attached hydrogens (tertiary/aromatic N) is 2. The zero-order chi connectivity index (χ0) is 17.3. The van der Waals surface area contributed by atoms with E-state index < -0.39 is 11.9 Å². The summed E-state index contributed by atoms with van der Waals surface area (Å²) < 4.78 is 50.7. The van der Waals surface area contributed by atoms with Crippen molar-refractivity contribution in [3.63, 3.8) is 0 Å². The predicted octanol–water partition coefficient (Wildman–Crippen LogP) is 4.22. The van der Waals surface area contributed by atoms with Gasteiger partial charge in [0.1, 0.15) is 11.5 Å². The van der Waals surface area contributed by atoms with Crippen LogP contribution in [0.2, 0.25) is 0 Å². The molecule has 0 aliphatic carbocycles. The van der Waals surface area contributed by atoms with Gasteiger partial charge in [-0.15, -0.1) is 0 Å². The van der Waals surface area contributed by atoms with Crippen LogP contribution in [-0.2, 0) is 6.18 Å². The fraction of sp³-hybridized carbons (Fsp3) is 0.294. The molecule has 1 atom stereocenters. The average Bonchev–Trinajstić information content (AvgIpc) is 3.04. The van der Waals surface area contributed by atoms with Crippen molar-refractivity contribution in [3.05, 3.63) is 65.2 Å². The smallest absolute Gasteiger partial charge is 0.332 e. The van der Waals surface area contributed by atoms with Crippen molar-refractivity contribution in [2.45, 2.75) is 25.1 Å². The van der Waals surface area contributed by atoms with Gasteiger partial charge >= 0.3 is 6.18 Å². The van der Waals surface area contributed by atoms with Crippen LogP contribution in [0.3, 0.4) is 0 Å². The highest BCUT2D eigenvalue weighted by molar-refractivity contribution is 5.94. The zero-order valence-corrected chi connectivity index (χ0v) is 12.6.